The standard InChI is InChI=1S/C20H21N5O3/c1-13-19(15(3)24(23-13)17-7-5-4-6-8-17)21-14(2)20(26)22-16-9-11-18(12-10-16)25(27)28/h4-12,14,21H,1-3H3,(H,22,26). The Morgan fingerprint density at radius 3 is 2.36 bits per heavy atom. The summed E-state index contributed by atoms with van der Waals surface area (Å²) >= 11 is 0. The lowest BCUT2D eigenvalue weighted by atomic mass is 10.2. The van der Waals surface area contributed by atoms with E-state index in [1.165, 1.54) is 24.3 Å². The third-order valence-electron chi connectivity index (χ3n) is 4.39. The Balaban J connectivity index is 1.72. The minimum Gasteiger partial charge on any atom is -0.371 e. The Hall–Kier alpha value is -3.68. The number of non-ortho nitro benzene ring substituents is 1. The number of nitrogens with one attached hydrogen (secondary N) is 2. The number of amides is 1. The first-order chi connectivity index (χ1) is 13.4. The fourth-order valence-corrected chi connectivity index (χ4v) is 2.87. The zero-order chi connectivity index (χ0) is 20.3. The zero-order valence-electron chi connectivity index (χ0n) is 15.8. The minimum atomic E-state index is -0.527. The Morgan fingerprint density at radius 2 is 1.75 bits per heavy atom. The monoisotopic (exact) mass is 379 g/mol. The van der Waals surface area contributed by atoms with Gasteiger partial charge in [-0.25, -0.2) is 4.68 Å². The Bertz CT molecular complexity index is 997. The number of anilines is 2. The van der Waals surface area contributed by atoms with Crippen LogP contribution in [0, 0.1) is 24.0 Å². The highest BCUT2D eigenvalue weighted by Crippen LogP contribution is 2.24. The summed E-state index contributed by atoms with van der Waals surface area (Å²) in [6.07, 6.45) is 0. The smallest absolute Gasteiger partial charge is 0.269 e. The van der Waals surface area contributed by atoms with Gasteiger partial charge in [0.05, 0.1) is 27.7 Å². The first-order valence-electron chi connectivity index (χ1n) is 8.80. The predicted molar refractivity (Wildman–Crippen MR) is 108 cm³/mol. The summed E-state index contributed by atoms with van der Waals surface area (Å²) in [5, 5.41) is 21.2. The Labute approximate surface area is 162 Å². The van der Waals surface area contributed by atoms with Gasteiger partial charge in [0, 0.05) is 17.8 Å². The highest BCUT2D eigenvalue weighted by molar-refractivity contribution is 5.96. The molecule has 1 aromatic heterocycles. The van der Waals surface area contributed by atoms with Gasteiger partial charge >= 0.3 is 0 Å². The van der Waals surface area contributed by atoms with Gasteiger partial charge in [-0.15, -0.1) is 0 Å². The highest BCUT2D eigenvalue weighted by Gasteiger charge is 2.19. The van der Waals surface area contributed by atoms with E-state index in [2.05, 4.69) is 15.7 Å². The fourth-order valence-electron chi connectivity index (χ4n) is 2.87. The molecule has 28 heavy (non-hydrogen) atoms. The number of carbonyl (C=O) groups excluding carboxylic acids is 1. The van der Waals surface area contributed by atoms with Gasteiger partial charge < -0.3 is 10.6 Å². The van der Waals surface area contributed by atoms with Crippen molar-refractivity contribution in [1.29, 1.82) is 0 Å². The molecule has 3 rings (SSSR count). The van der Waals surface area contributed by atoms with Crippen LogP contribution in [-0.4, -0.2) is 26.7 Å². The fraction of sp³-hybridized carbons (Fsp3) is 0.200. The summed E-state index contributed by atoms with van der Waals surface area (Å²) in [6, 6.07) is 15.0. The van der Waals surface area contributed by atoms with Crippen LogP contribution in [0.15, 0.2) is 54.6 Å². The van der Waals surface area contributed by atoms with Crippen LogP contribution >= 0.6 is 0 Å². The van der Waals surface area contributed by atoms with Crippen molar-refractivity contribution in [2.24, 2.45) is 0 Å². The number of nitro benzene ring substituents is 1. The van der Waals surface area contributed by atoms with Gasteiger partial charge in [0.2, 0.25) is 5.91 Å². The number of para-hydroxylation sites is 1. The van der Waals surface area contributed by atoms with Crippen molar-refractivity contribution in [2.75, 3.05) is 10.6 Å². The maximum absolute atomic E-state index is 12.5. The first-order valence-corrected chi connectivity index (χ1v) is 8.80. The number of rotatable bonds is 6. The lowest BCUT2D eigenvalue weighted by Gasteiger charge is -2.16. The molecule has 3 aromatic rings. The van der Waals surface area contributed by atoms with E-state index in [0.717, 1.165) is 22.8 Å². The Morgan fingerprint density at radius 1 is 1.11 bits per heavy atom. The largest absolute Gasteiger partial charge is 0.371 e. The number of carbonyl (C=O) groups is 1. The summed E-state index contributed by atoms with van der Waals surface area (Å²) < 4.78 is 1.83. The van der Waals surface area contributed by atoms with E-state index >= 15 is 0 Å². The molecule has 1 unspecified atom stereocenters. The molecular formula is C20H21N5O3. The van der Waals surface area contributed by atoms with Crippen LogP contribution in [0.1, 0.15) is 18.3 Å². The summed E-state index contributed by atoms with van der Waals surface area (Å²) in [6.45, 7) is 5.57. The van der Waals surface area contributed by atoms with Crippen molar-refractivity contribution in [3.05, 3.63) is 76.1 Å². The topological polar surface area (TPSA) is 102 Å². The molecule has 2 N–H and O–H groups in total. The third kappa shape index (κ3) is 4.01. The lowest BCUT2D eigenvalue weighted by molar-refractivity contribution is -0.384. The molecule has 0 fully saturated rings. The van der Waals surface area contributed by atoms with Crippen molar-refractivity contribution in [3.8, 4) is 5.69 Å². The quantitative estimate of drug-likeness (QED) is 0.500. The molecule has 1 amide bonds. The molecule has 0 aliphatic carbocycles. The number of hydrogen-bond acceptors (Lipinski definition) is 5. The maximum atomic E-state index is 12.5. The molecular weight excluding hydrogens is 358 g/mol. The van der Waals surface area contributed by atoms with Crippen LogP contribution in [0.2, 0.25) is 0 Å². The molecule has 1 atom stereocenters. The normalized spacial score (nSPS) is 11.7. The van der Waals surface area contributed by atoms with Crippen LogP contribution < -0.4 is 10.6 Å². The second-order valence-electron chi connectivity index (χ2n) is 6.45. The molecule has 0 bridgehead atoms. The van der Waals surface area contributed by atoms with Gasteiger partial charge in [0.1, 0.15) is 6.04 Å². The first kappa shape index (κ1) is 19.1. The van der Waals surface area contributed by atoms with E-state index in [0.29, 0.717) is 5.69 Å². The van der Waals surface area contributed by atoms with E-state index in [9.17, 15) is 14.9 Å². The zero-order valence-corrected chi connectivity index (χ0v) is 15.8. The number of aryl methyl sites for hydroxylation is 1. The van der Waals surface area contributed by atoms with Gasteiger partial charge in [-0.2, -0.15) is 5.10 Å². The molecule has 0 aliphatic heterocycles. The second-order valence-corrected chi connectivity index (χ2v) is 6.45. The second kappa shape index (κ2) is 7.91. The molecule has 0 aliphatic rings. The van der Waals surface area contributed by atoms with E-state index in [4.69, 9.17) is 0 Å². The highest BCUT2D eigenvalue weighted by atomic mass is 16.6. The van der Waals surface area contributed by atoms with Gasteiger partial charge in [-0.05, 0) is 45.0 Å². The van der Waals surface area contributed by atoms with Crippen LogP contribution in [0.25, 0.3) is 5.69 Å². The van der Waals surface area contributed by atoms with Crippen molar-refractivity contribution >= 4 is 23.0 Å². The van der Waals surface area contributed by atoms with Crippen LogP contribution in [0.3, 0.4) is 0 Å². The SMILES string of the molecule is Cc1nn(-c2ccccc2)c(C)c1NC(C)C(=O)Nc1ccc([N+](=O)[O-])cc1. The average molecular weight is 379 g/mol. The summed E-state index contributed by atoms with van der Waals surface area (Å²) in [4.78, 5) is 22.7. The number of nitrogens with zero attached hydrogens (tertiary/aromatic N) is 3. The van der Waals surface area contributed by atoms with E-state index in [-0.39, 0.29) is 11.6 Å². The van der Waals surface area contributed by atoms with Crippen molar-refractivity contribution in [1.82, 2.24) is 9.78 Å². The van der Waals surface area contributed by atoms with E-state index < -0.39 is 11.0 Å². The molecule has 0 spiro atoms. The molecule has 8 heteroatoms. The average Bonchev–Trinajstić information content (AvgIpc) is 2.97. The molecule has 8 nitrogen and oxygen atoms in total. The van der Waals surface area contributed by atoms with E-state index in [1.54, 1.807) is 6.92 Å². The molecule has 0 saturated heterocycles. The van der Waals surface area contributed by atoms with E-state index in [1.807, 2.05) is 48.9 Å². The molecule has 144 valence electrons. The van der Waals surface area contributed by atoms with Gasteiger partial charge in [-0.1, -0.05) is 18.2 Å². The minimum absolute atomic E-state index is 0.0243. The van der Waals surface area contributed by atoms with Gasteiger partial charge in [0.25, 0.3) is 5.69 Å². The third-order valence-corrected chi connectivity index (χ3v) is 4.39. The van der Waals surface area contributed by atoms with Crippen LogP contribution in [0.4, 0.5) is 17.1 Å². The summed E-state index contributed by atoms with van der Waals surface area (Å²) in [7, 11) is 0. The molecule has 0 saturated carbocycles. The lowest BCUT2D eigenvalue weighted by Crippen LogP contribution is -2.32. The molecule has 2 aromatic carbocycles. The van der Waals surface area contributed by atoms with Crippen molar-refractivity contribution in [2.45, 2.75) is 26.8 Å². The van der Waals surface area contributed by atoms with Crippen LogP contribution in [0.5, 0.6) is 0 Å². The maximum Gasteiger partial charge on any atom is 0.269 e. The Kier molecular flexibility index (Phi) is 5.39. The van der Waals surface area contributed by atoms with Crippen LogP contribution in [-0.2, 0) is 4.79 Å². The predicted octanol–water partition coefficient (Wildman–Crippen LogP) is 3.84. The summed E-state index contributed by atoms with van der Waals surface area (Å²) in [5.74, 6) is -0.250. The number of aromatic nitrogens is 2. The van der Waals surface area contributed by atoms with Gasteiger partial charge in [0.15, 0.2) is 0 Å². The number of hydrogen-bond donors (Lipinski definition) is 2. The van der Waals surface area contributed by atoms with Crippen molar-refractivity contribution in [3.63, 3.8) is 0 Å². The van der Waals surface area contributed by atoms with Gasteiger partial charge in [-0.3, -0.25) is 14.9 Å². The molecule has 0 radical (unpaired) electrons. The molecule has 1 heterocycles. The van der Waals surface area contributed by atoms with Crippen molar-refractivity contribution < 1.29 is 9.72 Å². The number of nitro groups is 1. The number of benzene rings is 2. The summed E-state index contributed by atoms with van der Waals surface area (Å²) in [5.41, 5.74) is 3.91.